The Morgan fingerprint density at radius 2 is 2.44 bits per heavy atom. The van der Waals surface area contributed by atoms with E-state index in [0.29, 0.717) is 0 Å². The molecule has 0 radical (unpaired) electrons. The Hall–Kier alpha value is -0.600. The van der Waals surface area contributed by atoms with Crippen molar-refractivity contribution in [1.29, 1.82) is 0 Å². The van der Waals surface area contributed by atoms with Crippen LogP contribution >= 0.6 is 39.0 Å². The van der Waals surface area contributed by atoms with Crippen molar-refractivity contribution >= 4 is 50.9 Å². The first-order chi connectivity index (χ1) is 7.49. The van der Waals surface area contributed by atoms with E-state index in [2.05, 4.69) is 26.2 Å². The third-order valence-corrected chi connectivity index (χ3v) is 4.33. The van der Waals surface area contributed by atoms with Gasteiger partial charge in [-0.1, -0.05) is 11.8 Å². The number of nitrogens with zero attached hydrogens (tertiary/aromatic N) is 1. The van der Waals surface area contributed by atoms with Gasteiger partial charge in [-0.15, -0.1) is 11.3 Å². The third-order valence-electron chi connectivity index (χ3n) is 1.50. The maximum Gasteiger partial charge on any atom is 0.327 e. The second-order valence-electron chi connectivity index (χ2n) is 2.84. The number of hydrogen-bond donors (Lipinski definition) is 2. The largest absolute Gasteiger partial charge is 0.480 e. The molecule has 0 aliphatic carbocycles. The average molecular weight is 325 g/mol. The molecule has 1 atom stereocenters. The number of rotatable bonds is 5. The number of hydrogen-bond acceptors (Lipinski definition) is 5. The summed E-state index contributed by atoms with van der Waals surface area (Å²) in [4.78, 5) is 25.7. The van der Waals surface area contributed by atoms with E-state index in [1.165, 1.54) is 30.0 Å². The van der Waals surface area contributed by atoms with E-state index in [1.807, 2.05) is 5.38 Å². The summed E-state index contributed by atoms with van der Waals surface area (Å²) in [6.07, 6.45) is 0. The van der Waals surface area contributed by atoms with E-state index in [-0.39, 0.29) is 11.7 Å². The topological polar surface area (TPSA) is 79.3 Å². The zero-order chi connectivity index (χ0) is 12.1. The lowest BCUT2D eigenvalue weighted by molar-refractivity contribution is -0.140. The van der Waals surface area contributed by atoms with Crippen LogP contribution in [0.3, 0.4) is 0 Å². The monoisotopic (exact) mass is 324 g/mol. The molecular formula is C8H9BrN2O3S2. The molecule has 0 bridgehead atoms. The van der Waals surface area contributed by atoms with Crippen molar-refractivity contribution in [3.8, 4) is 0 Å². The van der Waals surface area contributed by atoms with Crippen molar-refractivity contribution in [1.82, 2.24) is 10.3 Å². The Morgan fingerprint density at radius 1 is 1.75 bits per heavy atom. The van der Waals surface area contributed by atoms with E-state index in [1.54, 1.807) is 0 Å². The summed E-state index contributed by atoms with van der Waals surface area (Å²) in [6.45, 7) is 1.29. The molecule has 0 fully saturated rings. The lowest BCUT2D eigenvalue weighted by Gasteiger charge is -2.11. The zero-order valence-corrected chi connectivity index (χ0v) is 11.5. The highest BCUT2D eigenvalue weighted by Crippen LogP contribution is 2.25. The fourth-order valence-electron chi connectivity index (χ4n) is 0.880. The number of carboxylic acids is 1. The predicted octanol–water partition coefficient (Wildman–Crippen LogP) is 1.59. The molecule has 0 unspecified atom stereocenters. The van der Waals surface area contributed by atoms with Gasteiger partial charge in [0.15, 0.2) is 4.34 Å². The maximum atomic E-state index is 10.8. The Bertz CT molecular complexity index is 396. The molecule has 16 heavy (non-hydrogen) atoms. The molecule has 1 aromatic rings. The van der Waals surface area contributed by atoms with Crippen molar-refractivity contribution in [3.05, 3.63) is 9.98 Å². The Morgan fingerprint density at radius 3 is 2.88 bits per heavy atom. The van der Waals surface area contributed by atoms with Gasteiger partial charge in [0, 0.05) is 18.1 Å². The Balaban J connectivity index is 2.50. The number of amides is 1. The van der Waals surface area contributed by atoms with E-state index >= 15 is 0 Å². The minimum Gasteiger partial charge on any atom is -0.480 e. The van der Waals surface area contributed by atoms with Gasteiger partial charge in [-0.25, -0.2) is 9.78 Å². The molecule has 1 rings (SSSR count). The molecule has 2 N–H and O–H groups in total. The first-order valence-corrected chi connectivity index (χ1v) is 6.88. The first kappa shape index (κ1) is 13.5. The van der Waals surface area contributed by atoms with Gasteiger partial charge < -0.3 is 10.4 Å². The molecule has 5 nitrogen and oxygen atoms in total. The van der Waals surface area contributed by atoms with Gasteiger partial charge in [0.05, 0.1) is 0 Å². The van der Waals surface area contributed by atoms with Crippen molar-refractivity contribution in [2.75, 3.05) is 5.75 Å². The van der Waals surface area contributed by atoms with Crippen molar-refractivity contribution < 1.29 is 14.7 Å². The molecule has 1 aromatic heterocycles. The van der Waals surface area contributed by atoms with Crippen LogP contribution in [0.5, 0.6) is 0 Å². The summed E-state index contributed by atoms with van der Waals surface area (Å²) in [6, 6.07) is -0.884. The number of nitrogens with one attached hydrogen (secondary N) is 1. The Labute approximate surface area is 109 Å². The average Bonchev–Trinajstić information content (AvgIpc) is 2.58. The normalized spacial score (nSPS) is 12.1. The van der Waals surface area contributed by atoms with Crippen molar-refractivity contribution in [2.24, 2.45) is 0 Å². The van der Waals surface area contributed by atoms with Gasteiger partial charge in [0.1, 0.15) is 10.6 Å². The van der Waals surface area contributed by atoms with Crippen LogP contribution in [-0.4, -0.2) is 33.8 Å². The highest BCUT2D eigenvalue weighted by Gasteiger charge is 2.19. The van der Waals surface area contributed by atoms with Crippen molar-refractivity contribution in [3.63, 3.8) is 0 Å². The van der Waals surface area contributed by atoms with Crippen LogP contribution in [0.2, 0.25) is 0 Å². The van der Waals surface area contributed by atoms with Gasteiger partial charge in [-0.2, -0.15) is 0 Å². The van der Waals surface area contributed by atoms with Gasteiger partial charge in [-0.3, -0.25) is 4.79 Å². The summed E-state index contributed by atoms with van der Waals surface area (Å²) < 4.78 is 1.50. The molecule has 0 aliphatic rings. The molecule has 1 heterocycles. The highest BCUT2D eigenvalue weighted by atomic mass is 79.9. The molecule has 0 saturated heterocycles. The quantitative estimate of drug-likeness (QED) is 0.804. The minimum absolute atomic E-state index is 0.259. The SMILES string of the molecule is CC(=O)N[C@@H](CSc1nc(Br)cs1)C(=O)O. The van der Waals surface area contributed by atoms with E-state index < -0.39 is 12.0 Å². The summed E-state index contributed by atoms with van der Waals surface area (Å²) in [5.74, 6) is -1.14. The molecule has 0 aliphatic heterocycles. The standard InChI is InChI=1S/C8H9BrN2O3S2/c1-4(12)10-5(7(13)14)2-15-8-11-6(9)3-16-8/h3,5H,2H2,1H3,(H,10,12)(H,13,14)/t5-/m0/s1. The van der Waals surface area contributed by atoms with Gasteiger partial charge in [-0.05, 0) is 15.9 Å². The molecule has 0 spiro atoms. The van der Waals surface area contributed by atoms with Crippen LogP contribution in [0, 0.1) is 0 Å². The fourth-order valence-corrected chi connectivity index (χ4v) is 3.29. The molecule has 1 amide bonds. The summed E-state index contributed by atoms with van der Waals surface area (Å²) in [5, 5.41) is 13.0. The maximum absolute atomic E-state index is 10.8. The van der Waals surface area contributed by atoms with E-state index in [0.717, 1.165) is 8.94 Å². The molecule has 0 aromatic carbocycles. The Kier molecular flexibility index (Phi) is 5.23. The van der Waals surface area contributed by atoms with Crippen LogP contribution in [-0.2, 0) is 9.59 Å². The predicted molar refractivity (Wildman–Crippen MR) is 65.8 cm³/mol. The number of halogens is 1. The van der Waals surface area contributed by atoms with Crippen LogP contribution in [0.4, 0.5) is 0 Å². The van der Waals surface area contributed by atoms with Crippen LogP contribution in [0.15, 0.2) is 14.3 Å². The molecule has 88 valence electrons. The first-order valence-electron chi connectivity index (χ1n) is 4.22. The second kappa shape index (κ2) is 6.21. The number of thiazole rings is 1. The summed E-state index contributed by atoms with van der Waals surface area (Å²) in [5.41, 5.74) is 0. The number of carbonyl (C=O) groups excluding carboxylic acids is 1. The minimum atomic E-state index is -1.04. The lowest BCUT2D eigenvalue weighted by Crippen LogP contribution is -2.41. The van der Waals surface area contributed by atoms with Crippen LogP contribution in [0.1, 0.15) is 6.92 Å². The van der Waals surface area contributed by atoms with Crippen LogP contribution < -0.4 is 5.32 Å². The fraction of sp³-hybridized carbons (Fsp3) is 0.375. The van der Waals surface area contributed by atoms with Gasteiger partial charge in [0.2, 0.25) is 5.91 Å². The van der Waals surface area contributed by atoms with Crippen LogP contribution in [0.25, 0.3) is 0 Å². The molecular weight excluding hydrogens is 316 g/mol. The highest BCUT2D eigenvalue weighted by molar-refractivity contribution is 9.10. The summed E-state index contributed by atoms with van der Waals surface area (Å²) >= 11 is 5.93. The smallest absolute Gasteiger partial charge is 0.327 e. The zero-order valence-electron chi connectivity index (χ0n) is 8.27. The number of aromatic nitrogens is 1. The van der Waals surface area contributed by atoms with Gasteiger partial charge in [0.25, 0.3) is 0 Å². The number of carbonyl (C=O) groups is 2. The number of aliphatic carboxylic acids is 1. The van der Waals surface area contributed by atoms with E-state index in [9.17, 15) is 9.59 Å². The van der Waals surface area contributed by atoms with Crippen molar-refractivity contribution in [2.45, 2.75) is 17.3 Å². The lowest BCUT2D eigenvalue weighted by atomic mass is 10.3. The summed E-state index contributed by atoms with van der Waals surface area (Å²) in [7, 11) is 0. The number of carboxylic acid groups (broad SMARTS) is 1. The molecule has 0 saturated carbocycles. The third kappa shape index (κ3) is 4.50. The molecule has 8 heteroatoms. The number of thioether (sulfide) groups is 1. The second-order valence-corrected chi connectivity index (χ2v) is 5.78. The van der Waals surface area contributed by atoms with Gasteiger partial charge >= 0.3 is 5.97 Å². The van der Waals surface area contributed by atoms with E-state index in [4.69, 9.17) is 5.11 Å².